The van der Waals surface area contributed by atoms with Gasteiger partial charge in [-0.2, -0.15) is 18.3 Å². The van der Waals surface area contributed by atoms with Gasteiger partial charge in [0.15, 0.2) is 5.82 Å². The van der Waals surface area contributed by atoms with Gasteiger partial charge < -0.3 is 9.80 Å². The van der Waals surface area contributed by atoms with Crippen LogP contribution in [0, 0.1) is 6.92 Å². The molecule has 0 N–H and O–H groups in total. The zero-order chi connectivity index (χ0) is 16.4. The fraction of sp³-hybridized carbons (Fsp3) is 0.429. The largest absolute Gasteiger partial charge is 0.433 e. The SMILES string of the molecule is Cc1ccc(N2CCN(c3cc(C(F)(F)F)ncn3)CC2)nn1. The lowest BCUT2D eigenvalue weighted by atomic mass is 10.3. The number of aryl methyl sites for hydroxylation is 1. The molecule has 0 spiro atoms. The minimum Gasteiger partial charge on any atom is -0.353 e. The van der Waals surface area contributed by atoms with E-state index in [9.17, 15) is 13.2 Å². The van der Waals surface area contributed by atoms with Crippen molar-refractivity contribution in [3.63, 3.8) is 0 Å². The first-order valence-corrected chi connectivity index (χ1v) is 7.13. The Bertz CT molecular complexity index is 665. The van der Waals surface area contributed by atoms with Crippen LogP contribution in [-0.4, -0.2) is 46.3 Å². The third-order valence-electron chi connectivity index (χ3n) is 3.65. The van der Waals surface area contributed by atoms with E-state index in [4.69, 9.17) is 0 Å². The van der Waals surface area contributed by atoms with Gasteiger partial charge in [-0.05, 0) is 19.1 Å². The molecule has 2 aromatic rings. The van der Waals surface area contributed by atoms with Gasteiger partial charge in [0, 0.05) is 32.2 Å². The molecule has 1 saturated heterocycles. The summed E-state index contributed by atoms with van der Waals surface area (Å²) in [6.45, 7) is 4.27. The fourth-order valence-corrected chi connectivity index (χ4v) is 2.40. The Morgan fingerprint density at radius 2 is 1.57 bits per heavy atom. The molecule has 3 rings (SSSR count). The lowest BCUT2D eigenvalue weighted by Crippen LogP contribution is -2.47. The molecule has 1 aliphatic heterocycles. The molecule has 0 radical (unpaired) electrons. The molecule has 0 aromatic carbocycles. The number of hydrogen-bond acceptors (Lipinski definition) is 6. The molecule has 0 atom stereocenters. The van der Waals surface area contributed by atoms with Crippen LogP contribution >= 0.6 is 0 Å². The zero-order valence-corrected chi connectivity index (χ0v) is 12.5. The Kier molecular flexibility index (Phi) is 4.01. The smallest absolute Gasteiger partial charge is 0.353 e. The van der Waals surface area contributed by atoms with Crippen LogP contribution < -0.4 is 9.80 Å². The van der Waals surface area contributed by atoms with Crippen LogP contribution in [0.3, 0.4) is 0 Å². The average Bonchev–Trinajstić information content (AvgIpc) is 2.55. The van der Waals surface area contributed by atoms with Crippen molar-refractivity contribution in [2.24, 2.45) is 0 Å². The predicted octanol–water partition coefficient (Wildman–Crippen LogP) is 1.92. The monoisotopic (exact) mass is 324 g/mol. The first-order valence-electron chi connectivity index (χ1n) is 7.13. The molecule has 0 aliphatic carbocycles. The second-order valence-electron chi connectivity index (χ2n) is 5.27. The van der Waals surface area contributed by atoms with E-state index >= 15 is 0 Å². The normalized spacial score (nSPS) is 15.8. The van der Waals surface area contributed by atoms with Crippen molar-refractivity contribution in [1.82, 2.24) is 20.2 Å². The molecule has 0 amide bonds. The van der Waals surface area contributed by atoms with Gasteiger partial charge >= 0.3 is 6.18 Å². The van der Waals surface area contributed by atoms with Gasteiger partial charge in [0.1, 0.15) is 17.8 Å². The lowest BCUT2D eigenvalue weighted by Gasteiger charge is -2.35. The number of halogens is 3. The van der Waals surface area contributed by atoms with E-state index in [0.717, 1.165) is 23.9 Å². The van der Waals surface area contributed by atoms with Gasteiger partial charge in [0.25, 0.3) is 0 Å². The number of anilines is 2. The number of nitrogens with zero attached hydrogens (tertiary/aromatic N) is 6. The molecule has 1 fully saturated rings. The maximum Gasteiger partial charge on any atom is 0.433 e. The quantitative estimate of drug-likeness (QED) is 0.841. The van der Waals surface area contributed by atoms with Crippen molar-refractivity contribution in [2.75, 3.05) is 36.0 Å². The predicted molar refractivity (Wildman–Crippen MR) is 78.2 cm³/mol. The molecule has 1 aliphatic rings. The van der Waals surface area contributed by atoms with Gasteiger partial charge in [-0.25, -0.2) is 9.97 Å². The summed E-state index contributed by atoms with van der Waals surface area (Å²) in [5.74, 6) is 1.07. The first kappa shape index (κ1) is 15.4. The van der Waals surface area contributed by atoms with Crippen molar-refractivity contribution >= 4 is 11.6 Å². The molecule has 3 heterocycles. The van der Waals surface area contributed by atoms with E-state index < -0.39 is 11.9 Å². The Morgan fingerprint density at radius 3 is 2.13 bits per heavy atom. The summed E-state index contributed by atoms with van der Waals surface area (Å²) in [5.41, 5.74) is -0.0811. The van der Waals surface area contributed by atoms with Crippen LogP contribution in [0.4, 0.5) is 24.8 Å². The maximum atomic E-state index is 12.7. The lowest BCUT2D eigenvalue weighted by molar-refractivity contribution is -0.141. The van der Waals surface area contributed by atoms with Crippen LogP contribution in [0.15, 0.2) is 24.5 Å². The molecule has 9 heteroatoms. The molecular weight excluding hydrogens is 309 g/mol. The van der Waals surface area contributed by atoms with Crippen molar-refractivity contribution in [2.45, 2.75) is 13.1 Å². The van der Waals surface area contributed by atoms with Gasteiger partial charge in [0.05, 0.1) is 5.69 Å². The minimum atomic E-state index is -4.46. The summed E-state index contributed by atoms with van der Waals surface area (Å²) in [4.78, 5) is 11.1. The molecule has 23 heavy (non-hydrogen) atoms. The third kappa shape index (κ3) is 3.49. The minimum absolute atomic E-state index is 0.293. The summed E-state index contributed by atoms with van der Waals surface area (Å²) < 4.78 is 38.2. The van der Waals surface area contributed by atoms with Gasteiger partial charge in [-0.3, -0.25) is 0 Å². The number of hydrogen-bond donors (Lipinski definition) is 0. The van der Waals surface area contributed by atoms with Crippen LogP contribution in [0.5, 0.6) is 0 Å². The van der Waals surface area contributed by atoms with E-state index in [1.54, 1.807) is 0 Å². The maximum absolute atomic E-state index is 12.7. The van der Waals surface area contributed by atoms with Gasteiger partial charge in [-0.15, -0.1) is 5.10 Å². The molecule has 6 nitrogen and oxygen atoms in total. The zero-order valence-electron chi connectivity index (χ0n) is 12.5. The average molecular weight is 324 g/mol. The number of rotatable bonds is 2. The highest BCUT2D eigenvalue weighted by molar-refractivity contribution is 5.44. The molecule has 0 unspecified atom stereocenters. The first-order chi connectivity index (χ1) is 10.9. The summed E-state index contributed by atoms with van der Waals surface area (Å²) in [6.07, 6.45) is -3.51. The van der Waals surface area contributed by atoms with Crippen molar-refractivity contribution < 1.29 is 13.2 Å². The van der Waals surface area contributed by atoms with E-state index in [0.29, 0.717) is 32.0 Å². The third-order valence-corrected chi connectivity index (χ3v) is 3.65. The van der Waals surface area contributed by atoms with Gasteiger partial charge in [-0.1, -0.05) is 0 Å². The van der Waals surface area contributed by atoms with Crippen LogP contribution in [0.1, 0.15) is 11.4 Å². The molecule has 0 bridgehead atoms. The Morgan fingerprint density at radius 1 is 0.913 bits per heavy atom. The van der Waals surface area contributed by atoms with E-state index in [-0.39, 0.29) is 0 Å². The van der Waals surface area contributed by atoms with Gasteiger partial charge in [0.2, 0.25) is 0 Å². The Balaban J connectivity index is 1.68. The summed E-state index contributed by atoms with van der Waals surface area (Å²) >= 11 is 0. The Labute approximate surface area is 131 Å². The highest BCUT2D eigenvalue weighted by atomic mass is 19.4. The number of piperazine rings is 1. The standard InChI is InChI=1S/C14H15F3N6/c1-10-2-3-12(21-20-10)22-4-6-23(7-5-22)13-8-11(14(15,16)17)18-9-19-13/h2-3,8-9H,4-7H2,1H3. The summed E-state index contributed by atoms with van der Waals surface area (Å²) in [6, 6.07) is 4.76. The summed E-state index contributed by atoms with van der Waals surface area (Å²) in [5, 5.41) is 8.15. The number of alkyl halides is 3. The van der Waals surface area contributed by atoms with Crippen LogP contribution in [0.2, 0.25) is 0 Å². The topological polar surface area (TPSA) is 58.0 Å². The molecule has 0 saturated carbocycles. The molecule has 2 aromatic heterocycles. The van der Waals surface area contributed by atoms with E-state index in [1.165, 1.54) is 0 Å². The summed E-state index contributed by atoms with van der Waals surface area (Å²) in [7, 11) is 0. The molecule has 122 valence electrons. The van der Waals surface area contributed by atoms with E-state index in [2.05, 4.69) is 25.1 Å². The van der Waals surface area contributed by atoms with Crippen LogP contribution in [0.25, 0.3) is 0 Å². The highest BCUT2D eigenvalue weighted by Crippen LogP contribution is 2.29. The van der Waals surface area contributed by atoms with Crippen molar-refractivity contribution in [1.29, 1.82) is 0 Å². The second kappa shape index (κ2) is 5.98. The number of aromatic nitrogens is 4. The molecular formula is C14H15F3N6. The highest BCUT2D eigenvalue weighted by Gasteiger charge is 2.33. The van der Waals surface area contributed by atoms with Crippen LogP contribution in [-0.2, 0) is 6.18 Å². The second-order valence-corrected chi connectivity index (χ2v) is 5.27. The van der Waals surface area contributed by atoms with E-state index in [1.807, 2.05) is 24.0 Å². The Hall–Kier alpha value is -2.45. The van der Waals surface area contributed by atoms with Crippen molar-refractivity contribution in [3.8, 4) is 0 Å². The fourth-order valence-electron chi connectivity index (χ4n) is 2.40. The van der Waals surface area contributed by atoms with Crippen molar-refractivity contribution in [3.05, 3.63) is 35.9 Å².